The van der Waals surface area contributed by atoms with Crippen LogP contribution in [-0.2, 0) is 9.53 Å². The first-order chi connectivity index (χ1) is 14.0. The molecule has 3 rings (SSSR count). The number of nitrogens with zero attached hydrogens (tertiary/aromatic N) is 2. The fourth-order valence-electron chi connectivity index (χ4n) is 3.88. The van der Waals surface area contributed by atoms with Crippen molar-refractivity contribution in [1.29, 1.82) is 0 Å². The fourth-order valence-corrected chi connectivity index (χ4v) is 4.01. The lowest BCUT2D eigenvalue weighted by molar-refractivity contribution is -0.139. The summed E-state index contributed by atoms with van der Waals surface area (Å²) in [5.74, 6) is -0.409. The van der Waals surface area contributed by atoms with Crippen LogP contribution in [0.2, 0.25) is 5.02 Å². The first kappa shape index (κ1) is 21.4. The molecule has 1 N–H and O–H groups in total. The highest BCUT2D eigenvalue weighted by Gasteiger charge is 2.38. The number of nitrogens with one attached hydrogen (secondary N) is 1. The summed E-state index contributed by atoms with van der Waals surface area (Å²) in [4.78, 5) is 29.9. The van der Waals surface area contributed by atoms with Crippen LogP contribution in [0.3, 0.4) is 0 Å². The number of piperidine rings is 1. The molecule has 0 bridgehead atoms. The minimum atomic E-state index is -0.584. The Morgan fingerprint density at radius 3 is 2.59 bits per heavy atom. The van der Waals surface area contributed by atoms with Gasteiger partial charge in [0.05, 0.1) is 18.2 Å². The summed E-state index contributed by atoms with van der Waals surface area (Å²) >= 11 is 6.03. The Bertz CT molecular complexity index is 785. The summed E-state index contributed by atoms with van der Waals surface area (Å²) in [6.07, 6.45) is 5.12. The molecule has 7 heteroatoms. The molecule has 6 nitrogen and oxygen atoms in total. The van der Waals surface area contributed by atoms with E-state index in [0.717, 1.165) is 31.5 Å². The Kier molecular flexibility index (Phi) is 7.34. The highest BCUT2D eigenvalue weighted by Crippen LogP contribution is 2.33. The van der Waals surface area contributed by atoms with Gasteiger partial charge in [-0.1, -0.05) is 36.2 Å². The summed E-state index contributed by atoms with van der Waals surface area (Å²) < 4.78 is 5.39. The van der Waals surface area contributed by atoms with Crippen molar-refractivity contribution in [3.8, 4) is 0 Å². The van der Waals surface area contributed by atoms with Gasteiger partial charge in [0.15, 0.2) is 0 Å². The predicted molar refractivity (Wildman–Crippen MR) is 114 cm³/mol. The Balaban J connectivity index is 2.08. The van der Waals surface area contributed by atoms with Gasteiger partial charge in [0.1, 0.15) is 0 Å². The van der Waals surface area contributed by atoms with Crippen molar-refractivity contribution >= 4 is 23.6 Å². The number of hydrogen-bond donors (Lipinski definition) is 1. The zero-order valence-electron chi connectivity index (χ0n) is 16.8. The highest BCUT2D eigenvalue weighted by molar-refractivity contribution is 6.30. The first-order valence-electron chi connectivity index (χ1n) is 10.1. The number of esters is 1. The van der Waals surface area contributed by atoms with Gasteiger partial charge < -0.3 is 10.1 Å². The van der Waals surface area contributed by atoms with Gasteiger partial charge in [0.2, 0.25) is 0 Å². The van der Waals surface area contributed by atoms with E-state index in [1.54, 1.807) is 30.0 Å². The zero-order valence-corrected chi connectivity index (χ0v) is 17.6. The topological polar surface area (TPSA) is 61.9 Å². The molecule has 156 valence electrons. The van der Waals surface area contributed by atoms with Crippen LogP contribution in [-0.4, -0.2) is 54.6 Å². The molecule has 2 heterocycles. The van der Waals surface area contributed by atoms with Crippen molar-refractivity contribution in [3.05, 3.63) is 58.8 Å². The molecule has 0 aliphatic carbocycles. The van der Waals surface area contributed by atoms with Crippen LogP contribution < -0.4 is 5.32 Å². The Hall–Kier alpha value is -2.31. The minimum Gasteiger partial charge on any atom is -0.463 e. The summed E-state index contributed by atoms with van der Waals surface area (Å²) in [5.41, 5.74) is 1.95. The van der Waals surface area contributed by atoms with E-state index >= 15 is 0 Å². The lowest BCUT2D eigenvalue weighted by Gasteiger charge is -2.39. The second-order valence-corrected chi connectivity index (χ2v) is 7.69. The van der Waals surface area contributed by atoms with Gasteiger partial charge in [-0.2, -0.15) is 0 Å². The average Bonchev–Trinajstić information content (AvgIpc) is 2.72. The molecule has 1 aromatic rings. The molecule has 0 radical (unpaired) electrons. The van der Waals surface area contributed by atoms with Crippen LogP contribution in [0.5, 0.6) is 0 Å². The maximum atomic E-state index is 13.0. The molecule has 29 heavy (non-hydrogen) atoms. The van der Waals surface area contributed by atoms with E-state index in [1.165, 1.54) is 6.42 Å². The molecule has 1 fully saturated rings. The normalized spacial score (nSPS) is 20.4. The largest absolute Gasteiger partial charge is 0.463 e. The van der Waals surface area contributed by atoms with Crippen molar-refractivity contribution in [1.82, 2.24) is 15.1 Å². The number of carbonyl (C=O) groups excluding carboxylic acids is 2. The Morgan fingerprint density at radius 2 is 1.97 bits per heavy atom. The molecule has 2 aliphatic heterocycles. The molecule has 1 unspecified atom stereocenters. The molecule has 0 saturated carbocycles. The third-order valence-corrected chi connectivity index (χ3v) is 5.52. The molecule has 0 spiro atoms. The Morgan fingerprint density at radius 1 is 1.28 bits per heavy atom. The third-order valence-electron chi connectivity index (χ3n) is 5.27. The van der Waals surface area contributed by atoms with E-state index in [2.05, 4.69) is 16.8 Å². The minimum absolute atomic E-state index is 0.245. The molecule has 0 aromatic heterocycles. The fraction of sp³-hybridized carbons (Fsp3) is 0.455. The molecular formula is C22H28ClN3O3. The lowest BCUT2D eigenvalue weighted by atomic mass is 9.94. The second kappa shape index (κ2) is 9.94. The molecule has 1 atom stereocenters. The molecule has 2 aliphatic rings. The summed E-state index contributed by atoms with van der Waals surface area (Å²) in [6.45, 7) is 8.58. The Labute approximate surface area is 177 Å². The summed E-state index contributed by atoms with van der Waals surface area (Å²) in [7, 11) is 0. The smallest absolute Gasteiger partial charge is 0.338 e. The van der Waals surface area contributed by atoms with E-state index in [1.807, 2.05) is 12.1 Å². The molecule has 2 amide bonds. The number of amides is 2. The lowest BCUT2D eigenvalue weighted by Crippen LogP contribution is -2.51. The first-order valence-corrected chi connectivity index (χ1v) is 10.5. The highest BCUT2D eigenvalue weighted by atomic mass is 35.5. The number of carbonyl (C=O) groups is 2. The summed E-state index contributed by atoms with van der Waals surface area (Å²) in [5, 5.41) is 3.56. The van der Waals surface area contributed by atoms with Crippen LogP contribution in [0.15, 0.2) is 48.2 Å². The van der Waals surface area contributed by atoms with Crippen molar-refractivity contribution in [3.63, 3.8) is 0 Å². The van der Waals surface area contributed by atoms with E-state index < -0.39 is 12.0 Å². The third kappa shape index (κ3) is 5.00. The van der Waals surface area contributed by atoms with Crippen LogP contribution in [0.25, 0.3) is 0 Å². The number of benzene rings is 1. The van der Waals surface area contributed by atoms with E-state index in [4.69, 9.17) is 16.3 Å². The van der Waals surface area contributed by atoms with Gasteiger partial charge in [-0.3, -0.25) is 9.80 Å². The number of hydrogen-bond acceptors (Lipinski definition) is 4. The maximum absolute atomic E-state index is 13.0. The van der Waals surface area contributed by atoms with Crippen LogP contribution in [0.1, 0.15) is 37.8 Å². The number of urea groups is 1. The standard InChI is InChI=1S/C22H28ClN3O3/c1-3-12-26-18(15-25-13-6-5-7-14-25)19(21(27)29-4-2)20(24-22(26)28)16-8-10-17(23)11-9-16/h3,8-11,20H,1,4-7,12-15H2,2H3,(H,24,28). The van der Waals surface area contributed by atoms with Crippen molar-refractivity contribution in [2.24, 2.45) is 0 Å². The number of ether oxygens (including phenoxy) is 1. The quantitative estimate of drug-likeness (QED) is 0.540. The SMILES string of the molecule is C=CCN1C(=O)NC(c2ccc(Cl)cc2)C(C(=O)OCC)=C1CN1CCCCC1. The van der Waals surface area contributed by atoms with Crippen molar-refractivity contribution in [2.75, 3.05) is 32.8 Å². The monoisotopic (exact) mass is 417 g/mol. The predicted octanol–water partition coefficient (Wildman–Crippen LogP) is 3.90. The number of rotatable bonds is 7. The van der Waals surface area contributed by atoms with E-state index in [0.29, 0.717) is 29.4 Å². The van der Waals surface area contributed by atoms with Crippen LogP contribution in [0, 0.1) is 0 Å². The van der Waals surface area contributed by atoms with Crippen LogP contribution >= 0.6 is 11.6 Å². The van der Waals surface area contributed by atoms with Gasteiger partial charge in [0.25, 0.3) is 0 Å². The van der Waals surface area contributed by atoms with Gasteiger partial charge in [-0.25, -0.2) is 9.59 Å². The van der Waals surface area contributed by atoms with E-state index in [-0.39, 0.29) is 12.6 Å². The van der Waals surface area contributed by atoms with E-state index in [9.17, 15) is 9.59 Å². The van der Waals surface area contributed by atoms with Gasteiger partial charge >= 0.3 is 12.0 Å². The number of likely N-dealkylation sites (tertiary alicyclic amines) is 1. The molecule has 1 aromatic carbocycles. The van der Waals surface area contributed by atoms with Crippen molar-refractivity contribution < 1.29 is 14.3 Å². The molecule has 1 saturated heterocycles. The van der Waals surface area contributed by atoms with Crippen molar-refractivity contribution in [2.45, 2.75) is 32.2 Å². The second-order valence-electron chi connectivity index (χ2n) is 7.25. The maximum Gasteiger partial charge on any atom is 0.338 e. The number of halogens is 1. The van der Waals surface area contributed by atoms with Gasteiger partial charge in [-0.15, -0.1) is 6.58 Å². The van der Waals surface area contributed by atoms with Gasteiger partial charge in [0, 0.05) is 23.8 Å². The average molecular weight is 418 g/mol. The van der Waals surface area contributed by atoms with Gasteiger partial charge in [-0.05, 0) is 50.6 Å². The zero-order chi connectivity index (χ0) is 20.8. The van der Waals surface area contributed by atoms with Crippen LogP contribution in [0.4, 0.5) is 4.79 Å². The summed E-state index contributed by atoms with van der Waals surface area (Å²) in [6, 6.07) is 6.34. The molecular weight excluding hydrogens is 390 g/mol.